The summed E-state index contributed by atoms with van der Waals surface area (Å²) in [6, 6.07) is 0. The van der Waals surface area contributed by atoms with Crippen molar-refractivity contribution in [2.75, 3.05) is 13.2 Å². The van der Waals surface area contributed by atoms with Crippen molar-refractivity contribution in [2.24, 2.45) is 0 Å². The number of esters is 2. The van der Waals surface area contributed by atoms with Gasteiger partial charge in [-0.2, -0.15) is 0 Å². The largest absolute Gasteiger partial charge is 0.462 e. The Bertz CT molecular complexity index is 313. The standard InChI is InChI=1S/C8H14O3.C7H12O3/c1-3-7(9)5-6-11-8(10)4-2;1-3-6(8)5-10-7(9)4-2/h4,7,9H,2-3,5-6H2,1H3;4,6,8H,2-3,5H2,1H3. The van der Waals surface area contributed by atoms with Crippen molar-refractivity contribution in [3.8, 4) is 0 Å². The zero-order valence-electron chi connectivity index (χ0n) is 12.8. The highest BCUT2D eigenvalue weighted by molar-refractivity contribution is 5.81. The molecule has 0 aliphatic rings. The lowest BCUT2D eigenvalue weighted by atomic mass is 10.2. The summed E-state index contributed by atoms with van der Waals surface area (Å²) in [7, 11) is 0. The van der Waals surface area contributed by atoms with Gasteiger partial charge in [0, 0.05) is 18.6 Å². The van der Waals surface area contributed by atoms with Gasteiger partial charge in [-0.15, -0.1) is 0 Å². The van der Waals surface area contributed by atoms with Crippen molar-refractivity contribution in [3.05, 3.63) is 25.3 Å². The van der Waals surface area contributed by atoms with Crippen LogP contribution in [0.1, 0.15) is 33.1 Å². The van der Waals surface area contributed by atoms with Crippen LogP contribution >= 0.6 is 0 Å². The van der Waals surface area contributed by atoms with E-state index in [1.54, 1.807) is 0 Å². The molecule has 21 heavy (non-hydrogen) atoms. The van der Waals surface area contributed by atoms with E-state index in [9.17, 15) is 9.59 Å². The Labute approximate surface area is 126 Å². The highest BCUT2D eigenvalue weighted by atomic mass is 16.5. The molecule has 6 heteroatoms. The van der Waals surface area contributed by atoms with Gasteiger partial charge < -0.3 is 19.7 Å². The Balaban J connectivity index is 0. The lowest BCUT2D eigenvalue weighted by Gasteiger charge is -2.06. The summed E-state index contributed by atoms with van der Waals surface area (Å²) in [6.07, 6.45) is 3.03. The summed E-state index contributed by atoms with van der Waals surface area (Å²) in [6.45, 7) is 10.5. The molecule has 0 saturated carbocycles. The molecule has 0 radical (unpaired) electrons. The smallest absolute Gasteiger partial charge is 0.330 e. The molecule has 0 saturated heterocycles. The third-order valence-corrected chi connectivity index (χ3v) is 2.39. The maximum Gasteiger partial charge on any atom is 0.330 e. The minimum Gasteiger partial charge on any atom is -0.462 e. The van der Waals surface area contributed by atoms with Gasteiger partial charge in [-0.3, -0.25) is 0 Å². The van der Waals surface area contributed by atoms with Gasteiger partial charge in [0.2, 0.25) is 0 Å². The van der Waals surface area contributed by atoms with Crippen LogP contribution in [0.25, 0.3) is 0 Å². The lowest BCUT2D eigenvalue weighted by Crippen LogP contribution is -2.16. The van der Waals surface area contributed by atoms with Crippen LogP contribution in [0.5, 0.6) is 0 Å². The fraction of sp³-hybridized carbons (Fsp3) is 0.600. The number of aliphatic hydroxyl groups is 2. The Morgan fingerprint density at radius 3 is 1.90 bits per heavy atom. The maximum absolute atomic E-state index is 10.5. The molecule has 2 unspecified atom stereocenters. The predicted molar refractivity (Wildman–Crippen MR) is 79.5 cm³/mol. The Hall–Kier alpha value is -1.66. The zero-order valence-corrected chi connectivity index (χ0v) is 12.8. The number of aliphatic hydroxyl groups excluding tert-OH is 2. The van der Waals surface area contributed by atoms with Crippen molar-refractivity contribution in [1.82, 2.24) is 0 Å². The molecule has 0 aliphatic heterocycles. The monoisotopic (exact) mass is 302 g/mol. The van der Waals surface area contributed by atoms with Crippen molar-refractivity contribution in [1.29, 1.82) is 0 Å². The number of rotatable bonds is 9. The van der Waals surface area contributed by atoms with Gasteiger partial charge in [-0.25, -0.2) is 9.59 Å². The Morgan fingerprint density at radius 2 is 1.48 bits per heavy atom. The van der Waals surface area contributed by atoms with E-state index >= 15 is 0 Å². The summed E-state index contributed by atoms with van der Waals surface area (Å²) in [5.74, 6) is -0.930. The molecule has 0 heterocycles. The highest BCUT2D eigenvalue weighted by Crippen LogP contribution is 1.96. The molecular weight excluding hydrogens is 276 g/mol. The lowest BCUT2D eigenvalue weighted by molar-refractivity contribution is -0.140. The third kappa shape index (κ3) is 16.3. The molecule has 0 aromatic carbocycles. The van der Waals surface area contributed by atoms with Gasteiger partial charge in [-0.1, -0.05) is 27.0 Å². The quantitative estimate of drug-likeness (QED) is 0.493. The molecule has 2 N–H and O–H groups in total. The molecule has 0 rings (SSSR count). The summed E-state index contributed by atoms with van der Waals surface area (Å²) >= 11 is 0. The zero-order chi connectivity index (χ0) is 16.7. The van der Waals surface area contributed by atoms with E-state index in [-0.39, 0.29) is 19.3 Å². The molecule has 0 bridgehead atoms. The first-order valence-electron chi connectivity index (χ1n) is 6.85. The van der Waals surface area contributed by atoms with Crippen molar-refractivity contribution in [3.63, 3.8) is 0 Å². The molecule has 0 aromatic rings. The molecule has 0 amide bonds. The van der Waals surface area contributed by atoms with Crippen LogP contribution in [0.4, 0.5) is 0 Å². The SMILES string of the molecule is C=CC(=O)OCC(O)CC.C=CC(=O)OCCC(O)CC. The third-order valence-electron chi connectivity index (χ3n) is 2.39. The van der Waals surface area contributed by atoms with Crippen LogP contribution in [-0.2, 0) is 19.1 Å². The highest BCUT2D eigenvalue weighted by Gasteiger charge is 2.02. The minimum absolute atomic E-state index is 0.0569. The number of hydrogen-bond acceptors (Lipinski definition) is 6. The molecule has 0 aliphatic carbocycles. The maximum atomic E-state index is 10.5. The van der Waals surface area contributed by atoms with Crippen molar-refractivity contribution >= 4 is 11.9 Å². The molecule has 6 nitrogen and oxygen atoms in total. The van der Waals surface area contributed by atoms with E-state index < -0.39 is 18.0 Å². The van der Waals surface area contributed by atoms with E-state index in [1.165, 1.54) is 0 Å². The first-order valence-corrected chi connectivity index (χ1v) is 6.85. The van der Waals surface area contributed by atoms with Crippen LogP contribution in [-0.4, -0.2) is 47.6 Å². The van der Waals surface area contributed by atoms with Gasteiger partial charge in [0.15, 0.2) is 0 Å². The van der Waals surface area contributed by atoms with Crippen molar-refractivity contribution < 1.29 is 29.3 Å². The summed E-state index contributed by atoms with van der Waals surface area (Å²) < 4.78 is 9.18. The van der Waals surface area contributed by atoms with Crippen LogP contribution in [0.15, 0.2) is 25.3 Å². The van der Waals surface area contributed by atoms with E-state index in [0.29, 0.717) is 19.3 Å². The second-order valence-corrected chi connectivity index (χ2v) is 4.12. The van der Waals surface area contributed by atoms with Gasteiger partial charge in [0.25, 0.3) is 0 Å². The molecule has 0 spiro atoms. The first kappa shape index (κ1) is 21.6. The predicted octanol–water partition coefficient (Wildman–Crippen LogP) is 1.36. The van der Waals surface area contributed by atoms with Gasteiger partial charge in [0.1, 0.15) is 6.61 Å². The molecule has 0 fully saturated rings. The molecule has 2 atom stereocenters. The van der Waals surface area contributed by atoms with Gasteiger partial charge in [0.05, 0.1) is 18.8 Å². The van der Waals surface area contributed by atoms with Gasteiger partial charge in [-0.05, 0) is 12.8 Å². The van der Waals surface area contributed by atoms with E-state index in [1.807, 2.05) is 13.8 Å². The van der Waals surface area contributed by atoms with Crippen LogP contribution < -0.4 is 0 Å². The van der Waals surface area contributed by atoms with E-state index in [4.69, 9.17) is 10.2 Å². The van der Waals surface area contributed by atoms with Crippen LogP contribution in [0.3, 0.4) is 0 Å². The Morgan fingerprint density at radius 1 is 1.00 bits per heavy atom. The first-order chi connectivity index (χ1) is 9.90. The van der Waals surface area contributed by atoms with Gasteiger partial charge >= 0.3 is 11.9 Å². The second-order valence-electron chi connectivity index (χ2n) is 4.12. The van der Waals surface area contributed by atoms with Crippen molar-refractivity contribution in [2.45, 2.75) is 45.3 Å². The Kier molecular flexibility index (Phi) is 15.2. The number of hydrogen-bond donors (Lipinski definition) is 2. The second kappa shape index (κ2) is 14.7. The number of ether oxygens (including phenoxy) is 2. The summed E-state index contributed by atoms with van der Waals surface area (Å²) in [5.41, 5.74) is 0. The normalized spacial score (nSPS) is 12.2. The van der Waals surface area contributed by atoms with Crippen LogP contribution in [0.2, 0.25) is 0 Å². The number of carbonyl (C=O) groups excluding carboxylic acids is 2. The van der Waals surface area contributed by atoms with E-state index in [0.717, 1.165) is 12.2 Å². The molecule has 0 aromatic heterocycles. The van der Waals surface area contributed by atoms with E-state index in [2.05, 4.69) is 22.6 Å². The fourth-order valence-electron chi connectivity index (χ4n) is 0.914. The fourth-order valence-corrected chi connectivity index (χ4v) is 0.914. The number of carbonyl (C=O) groups is 2. The summed E-state index contributed by atoms with van der Waals surface area (Å²) in [4.78, 5) is 20.8. The minimum atomic E-state index is -0.552. The van der Waals surface area contributed by atoms with Crippen LogP contribution in [0, 0.1) is 0 Å². The average Bonchev–Trinajstić information content (AvgIpc) is 2.51. The molecule has 122 valence electrons. The average molecular weight is 302 g/mol. The summed E-state index contributed by atoms with van der Waals surface area (Å²) in [5, 5.41) is 17.9. The molecular formula is C15H26O6. The topological polar surface area (TPSA) is 93.1 Å².